The summed E-state index contributed by atoms with van der Waals surface area (Å²) in [6.07, 6.45) is 0.0944. The Morgan fingerprint density at radius 1 is 1.27 bits per heavy atom. The number of amides is 1. The van der Waals surface area contributed by atoms with E-state index in [1.165, 1.54) is 22.9 Å². The first kappa shape index (κ1) is 16.5. The third kappa shape index (κ3) is 2.68. The molecule has 0 spiro atoms. The van der Waals surface area contributed by atoms with Gasteiger partial charge >= 0.3 is 0 Å². The van der Waals surface area contributed by atoms with Crippen molar-refractivity contribution < 1.29 is 9.18 Å². The molecule has 26 heavy (non-hydrogen) atoms. The number of nitrogens with one attached hydrogen (secondary N) is 2. The highest BCUT2D eigenvalue weighted by atomic mass is 35.5. The number of aryl methyl sites for hydroxylation is 1. The molecule has 7 nitrogen and oxygen atoms in total. The zero-order valence-corrected chi connectivity index (χ0v) is 14.3. The first-order chi connectivity index (χ1) is 12.4. The van der Waals surface area contributed by atoms with Crippen LogP contribution in [0.4, 0.5) is 10.2 Å². The number of H-pyrrole nitrogens is 1. The lowest BCUT2D eigenvalue weighted by Gasteiger charge is -2.24. The molecule has 2 aromatic heterocycles. The lowest BCUT2D eigenvalue weighted by atomic mass is 9.85. The molecular formula is C17H13ClFN5O2. The van der Waals surface area contributed by atoms with Crippen LogP contribution in [0.3, 0.4) is 0 Å². The monoisotopic (exact) mass is 373 g/mol. The van der Waals surface area contributed by atoms with E-state index in [1.54, 1.807) is 19.1 Å². The lowest BCUT2D eigenvalue weighted by molar-refractivity contribution is -0.116. The van der Waals surface area contributed by atoms with E-state index < -0.39 is 11.7 Å². The average Bonchev–Trinajstić information content (AvgIpc) is 2.91. The fourth-order valence-corrected chi connectivity index (χ4v) is 3.38. The van der Waals surface area contributed by atoms with Crippen LogP contribution in [0.5, 0.6) is 0 Å². The minimum atomic E-state index is -0.493. The molecule has 1 amide bonds. The molecule has 1 atom stereocenters. The second kappa shape index (κ2) is 6.06. The molecule has 3 heterocycles. The smallest absolute Gasteiger partial charge is 0.264 e. The van der Waals surface area contributed by atoms with E-state index in [4.69, 9.17) is 11.6 Å². The van der Waals surface area contributed by atoms with Crippen LogP contribution in [0.1, 0.15) is 29.2 Å². The first-order valence-electron chi connectivity index (χ1n) is 7.84. The number of benzene rings is 1. The third-order valence-corrected chi connectivity index (χ3v) is 4.56. The molecule has 0 saturated heterocycles. The minimum absolute atomic E-state index is 0.0944. The summed E-state index contributed by atoms with van der Waals surface area (Å²) >= 11 is 5.84. The van der Waals surface area contributed by atoms with E-state index in [0.717, 1.165) is 0 Å². The molecule has 3 aromatic rings. The SMILES string of the molecule is Cc1nn(-c2ccc(=O)[nH]n2)c2c1[C@@H](c1ccc(Cl)cc1F)CC(=O)N2. The van der Waals surface area contributed by atoms with Gasteiger partial charge in [-0.25, -0.2) is 9.49 Å². The molecular weight excluding hydrogens is 361 g/mol. The molecule has 0 saturated carbocycles. The molecule has 1 aromatic carbocycles. The van der Waals surface area contributed by atoms with Crippen LogP contribution in [0.2, 0.25) is 5.02 Å². The van der Waals surface area contributed by atoms with Crippen LogP contribution in [-0.4, -0.2) is 25.9 Å². The zero-order valence-electron chi connectivity index (χ0n) is 13.6. The lowest BCUT2D eigenvalue weighted by Crippen LogP contribution is -2.25. The van der Waals surface area contributed by atoms with Crippen molar-refractivity contribution in [3.63, 3.8) is 0 Å². The highest BCUT2D eigenvalue weighted by Crippen LogP contribution is 2.41. The first-order valence-corrected chi connectivity index (χ1v) is 8.22. The van der Waals surface area contributed by atoms with Gasteiger partial charge in [-0.1, -0.05) is 17.7 Å². The molecule has 4 rings (SSSR count). The number of halogens is 2. The maximum absolute atomic E-state index is 14.5. The van der Waals surface area contributed by atoms with Crippen LogP contribution in [0.15, 0.2) is 35.1 Å². The molecule has 0 bridgehead atoms. The molecule has 0 aliphatic carbocycles. The normalized spacial score (nSPS) is 16.3. The number of rotatable bonds is 2. The Labute approximate surface area is 151 Å². The minimum Gasteiger partial charge on any atom is -0.310 e. The van der Waals surface area contributed by atoms with Gasteiger partial charge in [-0.3, -0.25) is 9.59 Å². The summed E-state index contributed by atoms with van der Waals surface area (Å²) in [5.41, 5.74) is 1.37. The predicted octanol–water partition coefficient (Wildman–Crippen LogP) is 2.53. The number of carbonyl (C=O) groups is 1. The van der Waals surface area contributed by atoms with E-state index in [9.17, 15) is 14.0 Å². The summed E-state index contributed by atoms with van der Waals surface area (Å²) < 4.78 is 15.9. The Morgan fingerprint density at radius 3 is 2.77 bits per heavy atom. The van der Waals surface area contributed by atoms with Gasteiger partial charge in [-0.15, -0.1) is 0 Å². The van der Waals surface area contributed by atoms with Gasteiger partial charge in [0.2, 0.25) is 5.91 Å². The highest BCUT2D eigenvalue weighted by Gasteiger charge is 2.34. The van der Waals surface area contributed by atoms with Crippen molar-refractivity contribution in [1.29, 1.82) is 0 Å². The topological polar surface area (TPSA) is 92.7 Å². The molecule has 132 valence electrons. The number of aromatic nitrogens is 4. The van der Waals surface area contributed by atoms with Gasteiger partial charge in [-0.05, 0) is 30.7 Å². The number of fused-ring (bicyclic) bond motifs is 1. The van der Waals surface area contributed by atoms with Gasteiger partial charge in [0.05, 0.1) is 5.69 Å². The van der Waals surface area contributed by atoms with Crippen molar-refractivity contribution in [2.75, 3.05) is 5.32 Å². The van der Waals surface area contributed by atoms with Crippen LogP contribution < -0.4 is 10.9 Å². The van der Waals surface area contributed by atoms with Crippen LogP contribution in [-0.2, 0) is 4.79 Å². The average molecular weight is 374 g/mol. The standard InChI is InChI=1S/C17H13ClFN5O2/c1-8-16-11(10-3-2-9(18)6-12(10)19)7-15(26)20-17(16)24(23-8)13-4-5-14(25)22-21-13/h2-6,11H,7H2,1H3,(H,20,26)(H,22,25)/t11-/m1/s1. The molecule has 1 aliphatic rings. The summed E-state index contributed by atoms with van der Waals surface area (Å²) in [4.78, 5) is 23.5. The fourth-order valence-electron chi connectivity index (χ4n) is 3.22. The summed E-state index contributed by atoms with van der Waals surface area (Å²) in [5.74, 6) is -0.475. The molecule has 9 heteroatoms. The van der Waals surface area contributed by atoms with E-state index in [2.05, 4.69) is 20.6 Å². The number of hydrogen-bond acceptors (Lipinski definition) is 4. The molecule has 0 radical (unpaired) electrons. The van der Waals surface area contributed by atoms with Crippen LogP contribution in [0, 0.1) is 12.7 Å². The predicted molar refractivity (Wildman–Crippen MR) is 93.2 cm³/mol. The van der Waals surface area contributed by atoms with Gasteiger partial charge in [0.1, 0.15) is 11.6 Å². The summed E-state index contributed by atoms with van der Waals surface area (Å²) in [5, 5.41) is 13.8. The number of aromatic amines is 1. The van der Waals surface area contributed by atoms with Gasteiger partial charge in [0, 0.05) is 29.0 Å². The summed E-state index contributed by atoms with van der Waals surface area (Å²) in [6.45, 7) is 1.78. The van der Waals surface area contributed by atoms with E-state index >= 15 is 0 Å². The Morgan fingerprint density at radius 2 is 2.08 bits per heavy atom. The van der Waals surface area contributed by atoms with Crippen LogP contribution >= 0.6 is 11.6 Å². The van der Waals surface area contributed by atoms with Gasteiger partial charge in [0.15, 0.2) is 5.82 Å². The summed E-state index contributed by atoms with van der Waals surface area (Å²) in [7, 11) is 0. The second-order valence-corrected chi connectivity index (χ2v) is 6.45. The van der Waals surface area contributed by atoms with Crippen molar-refractivity contribution in [3.05, 3.63) is 68.3 Å². The third-order valence-electron chi connectivity index (χ3n) is 4.32. The number of carbonyl (C=O) groups excluding carboxylic acids is 1. The largest absolute Gasteiger partial charge is 0.310 e. The second-order valence-electron chi connectivity index (χ2n) is 6.01. The van der Waals surface area contributed by atoms with Crippen molar-refractivity contribution in [3.8, 4) is 5.82 Å². The summed E-state index contributed by atoms with van der Waals surface area (Å²) in [6, 6.07) is 7.21. The van der Waals surface area contributed by atoms with E-state index in [1.807, 2.05) is 0 Å². The Kier molecular flexibility index (Phi) is 3.84. The Balaban J connectivity index is 1.89. The maximum atomic E-state index is 14.5. The quantitative estimate of drug-likeness (QED) is 0.722. The van der Waals surface area contributed by atoms with Crippen molar-refractivity contribution in [2.24, 2.45) is 0 Å². The number of hydrogen-bond donors (Lipinski definition) is 2. The van der Waals surface area contributed by atoms with Gasteiger partial charge < -0.3 is 5.32 Å². The van der Waals surface area contributed by atoms with Gasteiger partial charge in [-0.2, -0.15) is 14.9 Å². The fraction of sp³-hybridized carbons (Fsp3) is 0.176. The Hall–Kier alpha value is -3.00. The van der Waals surface area contributed by atoms with E-state index in [0.29, 0.717) is 28.5 Å². The molecule has 0 unspecified atom stereocenters. The number of nitrogens with zero attached hydrogens (tertiary/aromatic N) is 3. The van der Waals surface area contributed by atoms with Crippen molar-refractivity contribution in [1.82, 2.24) is 20.0 Å². The highest BCUT2D eigenvalue weighted by molar-refractivity contribution is 6.30. The number of anilines is 1. The maximum Gasteiger partial charge on any atom is 0.264 e. The van der Waals surface area contributed by atoms with Crippen LogP contribution in [0.25, 0.3) is 5.82 Å². The van der Waals surface area contributed by atoms with Crippen molar-refractivity contribution >= 4 is 23.3 Å². The van der Waals surface area contributed by atoms with Crippen molar-refractivity contribution in [2.45, 2.75) is 19.3 Å². The Bertz CT molecular complexity index is 1070. The zero-order chi connectivity index (χ0) is 18.4. The molecule has 0 fully saturated rings. The molecule has 2 N–H and O–H groups in total. The van der Waals surface area contributed by atoms with Gasteiger partial charge in [0.25, 0.3) is 5.56 Å². The molecule has 1 aliphatic heterocycles. The van der Waals surface area contributed by atoms with E-state index in [-0.39, 0.29) is 22.9 Å².